The molecule has 3 heteroatoms. The molecule has 0 saturated heterocycles. The van der Waals surface area contributed by atoms with Gasteiger partial charge in [0, 0.05) is 0 Å². The van der Waals surface area contributed by atoms with Gasteiger partial charge in [0.25, 0.3) is 0 Å². The molecule has 1 aromatic heterocycles. The molecular formula is C8H12N3. The third-order valence-electron chi connectivity index (χ3n) is 2.34. The summed E-state index contributed by atoms with van der Waals surface area (Å²) in [6, 6.07) is 0.600. The highest BCUT2D eigenvalue weighted by Gasteiger charge is 2.14. The lowest BCUT2D eigenvalue weighted by molar-refractivity contribution is 0.324. The molecule has 1 saturated carbocycles. The summed E-state index contributed by atoms with van der Waals surface area (Å²) in [6.07, 6.45) is 11.2. The Labute approximate surface area is 66.4 Å². The topological polar surface area (TPSA) is 30.7 Å². The monoisotopic (exact) mass is 150 g/mol. The summed E-state index contributed by atoms with van der Waals surface area (Å²) < 4.78 is 1.94. The molecule has 1 fully saturated rings. The molecule has 0 aromatic carbocycles. The van der Waals surface area contributed by atoms with E-state index in [1.165, 1.54) is 32.1 Å². The van der Waals surface area contributed by atoms with Gasteiger partial charge >= 0.3 is 0 Å². The van der Waals surface area contributed by atoms with Gasteiger partial charge in [-0.2, -0.15) is 0 Å². The quantitative estimate of drug-likeness (QED) is 0.608. The van der Waals surface area contributed by atoms with Crippen LogP contribution in [0.25, 0.3) is 0 Å². The first-order chi connectivity index (χ1) is 5.47. The molecule has 1 radical (unpaired) electrons. The summed E-state index contributed by atoms with van der Waals surface area (Å²) in [6.45, 7) is 0. The largest absolute Gasteiger partial charge is 0.249 e. The second kappa shape index (κ2) is 3.03. The van der Waals surface area contributed by atoms with Crippen LogP contribution in [0.3, 0.4) is 0 Å². The molecule has 2 rings (SSSR count). The minimum absolute atomic E-state index is 0.600. The van der Waals surface area contributed by atoms with Gasteiger partial charge in [0.2, 0.25) is 0 Å². The standard InChI is InChI=1S/C8H12N3/c1-2-4-8(5-3-1)11-7-6-9-10-11/h7-8H,1-5H2. The first-order valence-electron chi connectivity index (χ1n) is 4.25. The number of rotatable bonds is 1. The molecule has 1 aliphatic rings. The third kappa shape index (κ3) is 1.42. The molecule has 59 valence electrons. The van der Waals surface area contributed by atoms with E-state index >= 15 is 0 Å². The number of aromatic nitrogens is 3. The fraction of sp³-hybridized carbons (Fsp3) is 0.750. The third-order valence-corrected chi connectivity index (χ3v) is 2.34. The second-order valence-corrected chi connectivity index (χ2v) is 3.12. The van der Waals surface area contributed by atoms with Crippen LogP contribution in [-0.2, 0) is 0 Å². The van der Waals surface area contributed by atoms with E-state index < -0.39 is 0 Å². The van der Waals surface area contributed by atoms with Crippen molar-refractivity contribution in [1.82, 2.24) is 15.0 Å². The minimum atomic E-state index is 0.600. The van der Waals surface area contributed by atoms with Crippen molar-refractivity contribution in [3.8, 4) is 0 Å². The van der Waals surface area contributed by atoms with Crippen molar-refractivity contribution in [2.75, 3.05) is 0 Å². The lowest BCUT2D eigenvalue weighted by Gasteiger charge is -2.20. The van der Waals surface area contributed by atoms with Crippen molar-refractivity contribution < 1.29 is 0 Å². The maximum atomic E-state index is 3.95. The molecule has 11 heavy (non-hydrogen) atoms. The van der Waals surface area contributed by atoms with E-state index in [2.05, 4.69) is 16.5 Å². The second-order valence-electron chi connectivity index (χ2n) is 3.12. The van der Waals surface area contributed by atoms with E-state index in [1.54, 1.807) is 0 Å². The van der Waals surface area contributed by atoms with Gasteiger partial charge < -0.3 is 0 Å². The van der Waals surface area contributed by atoms with Crippen molar-refractivity contribution in [3.05, 3.63) is 12.4 Å². The Morgan fingerprint density at radius 3 is 2.73 bits per heavy atom. The highest BCUT2D eigenvalue weighted by molar-refractivity contribution is 4.73. The van der Waals surface area contributed by atoms with E-state index in [-0.39, 0.29) is 0 Å². The van der Waals surface area contributed by atoms with Crippen LogP contribution >= 0.6 is 0 Å². The van der Waals surface area contributed by atoms with Gasteiger partial charge in [0.05, 0.1) is 12.2 Å². The van der Waals surface area contributed by atoms with Crippen LogP contribution in [0.2, 0.25) is 0 Å². The maximum Gasteiger partial charge on any atom is 0.134 e. The van der Waals surface area contributed by atoms with Crippen molar-refractivity contribution in [1.29, 1.82) is 0 Å². The molecule has 1 aromatic rings. The minimum Gasteiger partial charge on any atom is -0.249 e. The molecule has 0 atom stereocenters. The molecule has 0 bridgehead atoms. The lowest BCUT2D eigenvalue weighted by atomic mass is 9.96. The highest BCUT2D eigenvalue weighted by atomic mass is 15.4. The van der Waals surface area contributed by atoms with E-state index in [4.69, 9.17) is 0 Å². The van der Waals surface area contributed by atoms with E-state index in [0.29, 0.717) is 6.04 Å². The van der Waals surface area contributed by atoms with E-state index in [9.17, 15) is 0 Å². The Kier molecular flexibility index (Phi) is 1.88. The summed E-state index contributed by atoms with van der Waals surface area (Å²) in [5.74, 6) is 0. The Morgan fingerprint density at radius 2 is 2.09 bits per heavy atom. The predicted molar refractivity (Wildman–Crippen MR) is 41.0 cm³/mol. The van der Waals surface area contributed by atoms with Crippen LogP contribution < -0.4 is 0 Å². The van der Waals surface area contributed by atoms with Crippen LogP contribution in [0.4, 0.5) is 0 Å². The van der Waals surface area contributed by atoms with Crippen molar-refractivity contribution in [3.63, 3.8) is 0 Å². The van der Waals surface area contributed by atoms with Crippen molar-refractivity contribution >= 4 is 0 Å². The molecule has 0 amide bonds. The maximum absolute atomic E-state index is 3.95. The van der Waals surface area contributed by atoms with Gasteiger partial charge in [-0.05, 0) is 12.8 Å². The summed E-state index contributed by atoms with van der Waals surface area (Å²) in [7, 11) is 0. The van der Waals surface area contributed by atoms with Gasteiger partial charge in [0.1, 0.15) is 6.20 Å². The molecule has 0 spiro atoms. The van der Waals surface area contributed by atoms with Crippen LogP contribution in [0.15, 0.2) is 6.20 Å². The average molecular weight is 150 g/mol. The number of nitrogens with zero attached hydrogens (tertiary/aromatic N) is 3. The summed E-state index contributed by atoms with van der Waals surface area (Å²) in [5, 5.41) is 7.64. The molecule has 0 N–H and O–H groups in total. The zero-order chi connectivity index (χ0) is 7.52. The Balaban J connectivity index is 2.04. The molecule has 0 unspecified atom stereocenters. The summed E-state index contributed by atoms with van der Waals surface area (Å²) in [5.41, 5.74) is 0. The first kappa shape index (κ1) is 6.83. The molecule has 1 aliphatic carbocycles. The normalized spacial score (nSPS) is 20.4. The molecule has 3 nitrogen and oxygen atoms in total. The van der Waals surface area contributed by atoms with Gasteiger partial charge in [-0.3, -0.25) is 0 Å². The average Bonchev–Trinajstić information content (AvgIpc) is 2.58. The lowest BCUT2D eigenvalue weighted by Crippen LogP contribution is -2.13. The number of hydrogen-bond acceptors (Lipinski definition) is 2. The highest BCUT2D eigenvalue weighted by Crippen LogP contribution is 2.26. The predicted octanol–water partition coefficient (Wildman–Crippen LogP) is 1.58. The van der Waals surface area contributed by atoms with Gasteiger partial charge in [-0.1, -0.05) is 24.5 Å². The van der Waals surface area contributed by atoms with Crippen LogP contribution in [0, 0.1) is 6.20 Å². The Hall–Kier alpha value is -0.860. The Bertz CT molecular complexity index is 199. The van der Waals surface area contributed by atoms with E-state index in [0.717, 1.165) is 0 Å². The van der Waals surface area contributed by atoms with E-state index in [1.807, 2.05) is 10.9 Å². The van der Waals surface area contributed by atoms with Crippen LogP contribution in [0.5, 0.6) is 0 Å². The summed E-state index contributed by atoms with van der Waals surface area (Å²) >= 11 is 0. The van der Waals surface area contributed by atoms with Crippen LogP contribution in [-0.4, -0.2) is 15.0 Å². The SMILES string of the molecule is [c]1cn(C2CCCCC2)nn1. The first-order valence-corrected chi connectivity index (χ1v) is 4.25. The van der Waals surface area contributed by atoms with Gasteiger partial charge in [0.15, 0.2) is 0 Å². The van der Waals surface area contributed by atoms with Crippen molar-refractivity contribution in [2.24, 2.45) is 0 Å². The number of hydrogen-bond donors (Lipinski definition) is 0. The zero-order valence-corrected chi connectivity index (χ0v) is 6.53. The molecular weight excluding hydrogens is 138 g/mol. The fourth-order valence-electron chi connectivity index (χ4n) is 1.71. The summed E-state index contributed by atoms with van der Waals surface area (Å²) in [4.78, 5) is 0. The smallest absolute Gasteiger partial charge is 0.134 e. The van der Waals surface area contributed by atoms with Gasteiger partial charge in [-0.15, -0.1) is 5.10 Å². The molecule has 1 heterocycles. The van der Waals surface area contributed by atoms with Gasteiger partial charge in [-0.25, -0.2) is 4.68 Å². The zero-order valence-electron chi connectivity index (χ0n) is 6.53. The fourth-order valence-corrected chi connectivity index (χ4v) is 1.71. The van der Waals surface area contributed by atoms with Crippen molar-refractivity contribution in [2.45, 2.75) is 38.1 Å². The Morgan fingerprint density at radius 1 is 1.27 bits per heavy atom. The molecule has 0 aliphatic heterocycles. The van der Waals surface area contributed by atoms with Crippen LogP contribution in [0.1, 0.15) is 38.1 Å².